The van der Waals surface area contributed by atoms with Crippen molar-refractivity contribution in [1.29, 1.82) is 0 Å². The van der Waals surface area contributed by atoms with E-state index >= 15 is 0 Å². The van der Waals surface area contributed by atoms with E-state index in [1.54, 1.807) is 12.1 Å². The molecule has 3 aromatic carbocycles. The van der Waals surface area contributed by atoms with Gasteiger partial charge in [0.15, 0.2) is 0 Å². The summed E-state index contributed by atoms with van der Waals surface area (Å²) in [5, 5.41) is 2.28. The van der Waals surface area contributed by atoms with Gasteiger partial charge in [-0.25, -0.2) is 8.42 Å². The number of amides is 3. The number of anilines is 1. The maximum Gasteiger partial charge on any atom is 0.293 e. The van der Waals surface area contributed by atoms with Gasteiger partial charge in [0.1, 0.15) is 0 Å². The van der Waals surface area contributed by atoms with Gasteiger partial charge < -0.3 is 5.32 Å². The van der Waals surface area contributed by atoms with E-state index in [-0.39, 0.29) is 23.5 Å². The molecule has 1 saturated heterocycles. The van der Waals surface area contributed by atoms with Crippen LogP contribution in [0.15, 0.2) is 88.7 Å². The Hall–Kier alpha value is -3.89. The zero-order chi connectivity index (χ0) is 26.7. The molecule has 0 atom stereocenters. The van der Waals surface area contributed by atoms with Gasteiger partial charge in [0, 0.05) is 25.2 Å². The molecule has 0 spiro atoms. The van der Waals surface area contributed by atoms with Crippen LogP contribution in [0.1, 0.15) is 27.9 Å². The quantitative estimate of drug-likeness (QED) is 0.443. The highest BCUT2D eigenvalue weighted by atomic mass is 32.2. The Balaban J connectivity index is 1.24. The fourth-order valence-electron chi connectivity index (χ4n) is 4.45. The van der Waals surface area contributed by atoms with E-state index in [0.29, 0.717) is 23.6 Å². The minimum absolute atomic E-state index is 0.00505. The number of sulfonamides is 1. The maximum absolute atomic E-state index is 13.5. The largest absolute Gasteiger partial charge is 0.350 e. The molecule has 10 heteroatoms. The number of benzene rings is 3. The van der Waals surface area contributed by atoms with Gasteiger partial charge >= 0.3 is 0 Å². The number of carbonyl (C=O) groups is 3. The van der Waals surface area contributed by atoms with Crippen LogP contribution in [-0.4, -0.2) is 50.0 Å². The van der Waals surface area contributed by atoms with E-state index in [0.717, 1.165) is 34.2 Å². The first-order valence-corrected chi connectivity index (χ1v) is 14.4. The van der Waals surface area contributed by atoms with E-state index in [1.165, 1.54) is 28.6 Å². The third kappa shape index (κ3) is 5.23. The number of nitrogens with zero attached hydrogens (tertiary/aromatic N) is 2. The van der Waals surface area contributed by atoms with Crippen molar-refractivity contribution in [3.63, 3.8) is 0 Å². The van der Waals surface area contributed by atoms with Crippen LogP contribution >= 0.6 is 11.8 Å². The second kappa shape index (κ2) is 10.8. The summed E-state index contributed by atoms with van der Waals surface area (Å²) in [5.41, 5.74) is 2.62. The first-order valence-electron chi connectivity index (χ1n) is 12.1. The minimum Gasteiger partial charge on any atom is -0.350 e. The van der Waals surface area contributed by atoms with Crippen molar-refractivity contribution >= 4 is 50.6 Å². The van der Waals surface area contributed by atoms with Gasteiger partial charge in [-0.2, -0.15) is 0 Å². The molecule has 2 aliphatic rings. The Bertz CT molecular complexity index is 1540. The Kier molecular flexibility index (Phi) is 7.35. The number of para-hydroxylation sites is 1. The summed E-state index contributed by atoms with van der Waals surface area (Å²) in [6.07, 6.45) is 3.19. The van der Waals surface area contributed by atoms with Gasteiger partial charge in [-0.3, -0.25) is 23.6 Å². The summed E-state index contributed by atoms with van der Waals surface area (Å²) in [6, 6.07) is 22.5. The smallest absolute Gasteiger partial charge is 0.293 e. The predicted molar refractivity (Wildman–Crippen MR) is 147 cm³/mol. The number of hydrogen-bond acceptors (Lipinski definition) is 6. The molecule has 0 saturated carbocycles. The number of nitrogens with one attached hydrogen (secondary N) is 1. The number of carbonyl (C=O) groups excluding carboxylic acids is 3. The number of thioether (sulfide) groups is 1. The molecule has 194 valence electrons. The lowest BCUT2D eigenvalue weighted by molar-refractivity contribution is -0.122. The number of rotatable bonds is 7. The van der Waals surface area contributed by atoms with Crippen molar-refractivity contribution in [1.82, 2.24) is 10.2 Å². The van der Waals surface area contributed by atoms with E-state index < -0.39 is 27.1 Å². The normalized spacial score (nSPS) is 16.6. The average molecular weight is 548 g/mol. The Morgan fingerprint density at radius 2 is 1.74 bits per heavy atom. The maximum atomic E-state index is 13.5. The first-order chi connectivity index (χ1) is 18.3. The summed E-state index contributed by atoms with van der Waals surface area (Å²) in [7, 11) is -3.86. The van der Waals surface area contributed by atoms with Crippen molar-refractivity contribution in [2.75, 3.05) is 23.9 Å². The van der Waals surface area contributed by atoms with Crippen LogP contribution in [0, 0.1) is 0 Å². The Labute approximate surface area is 225 Å². The lowest BCUT2D eigenvalue weighted by Crippen LogP contribution is -2.37. The fraction of sp³-hybridized carbons (Fsp3) is 0.179. The van der Waals surface area contributed by atoms with Crippen molar-refractivity contribution in [3.05, 3.63) is 100 Å². The second-order valence-corrected chi connectivity index (χ2v) is 11.7. The molecule has 5 rings (SSSR count). The molecule has 38 heavy (non-hydrogen) atoms. The van der Waals surface area contributed by atoms with Gasteiger partial charge in [0.25, 0.3) is 27.1 Å². The Morgan fingerprint density at radius 1 is 0.974 bits per heavy atom. The monoisotopic (exact) mass is 547 g/mol. The number of aryl methyl sites for hydroxylation is 1. The number of hydrogen-bond donors (Lipinski definition) is 1. The van der Waals surface area contributed by atoms with Crippen LogP contribution in [0.3, 0.4) is 0 Å². The topological polar surface area (TPSA) is 104 Å². The van der Waals surface area contributed by atoms with E-state index in [1.807, 2.05) is 48.5 Å². The van der Waals surface area contributed by atoms with Crippen LogP contribution in [-0.2, 0) is 21.2 Å². The average Bonchev–Trinajstić information content (AvgIpc) is 3.20. The first kappa shape index (κ1) is 25.7. The molecule has 0 aliphatic carbocycles. The molecule has 2 aliphatic heterocycles. The minimum atomic E-state index is -3.86. The molecule has 0 radical (unpaired) electrons. The highest BCUT2D eigenvalue weighted by molar-refractivity contribution is 8.18. The summed E-state index contributed by atoms with van der Waals surface area (Å²) < 4.78 is 28.3. The summed E-state index contributed by atoms with van der Waals surface area (Å²) in [6.45, 7) is 0.406. The fourth-order valence-corrected chi connectivity index (χ4v) is 6.90. The molecule has 3 aromatic rings. The highest BCUT2D eigenvalue weighted by Crippen LogP contribution is 2.33. The Morgan fingerprint density at radius 3 is 2.55 bits per heavy atom. The van der Waals surface area contributed by atoms with Crippen molar-refractivity contribution in [2.24, 2.45) is 0 Å². The molecule has 3 amide bonds. The zero-order valence-electron chi connectivity index (χ0n) is 20.4. The third-order valence-corrected chi connectivity index (χ3v) is 9.06. The summed E-state index contributed by atoms with van der Waals surface area (Å²) in [5.74, 6) is -0.902. The van der Waals surface area contributed by atoms with Gasteiger partial charge in [-0.15, -0.1) is 0 Å². The standard InChI is InChI=1S/C28H25N3O5S2/c32-26(29-15-17-30-27(33)25(37-28(30)34)18-20-8-2-1-3-9-20)22-11-6-13-23(19-22)38(35,36)31-16-7-12-21-10-4-5-14-24(21)31/h1-6,8-11,13-14,18-19H,7,12,15-17H2,(H,29,32)/b25-18+. The van der Waals surface area contributed by atoms with E-state index in [9.17, 15) is 22.8 Å². The van der Waals surface area contributed by atoms with Gasteiger partial charge in [0.2, 0.25) is 0 Å². The van der Waals surface area contributed by atoms with E-state index in [4.69, 9.17) is 0 Å². The second-order valence-electron chi connectivity index (χ2n) is 8.84. The van der Waals surface area contributed by atoms with Gasteiger partial charge in [-0.05, 0) is 66.1 Å². The van der Waals surface area contributed by atoms with Crippen LogP contribution in [0.2, 0.25) is 0 Å². The third-order valence-electron chi connectivity index (χ3n) is 6.34. The summed E-state index contributed by atoms with van der Waals surface area (Å²) in [4.78, 5) is 39.3. The lowest BCUT2D eigenvalue weighted by Gasteiger charge is -2.30. The molecule has 0 bridgehead atoms. The molecule has 0 unspecified atom stereocenters. The molecule has 2 heterocycles. The van der Waals surface area contributed by atoms with Gasteiger partial charge in [0.05, 0.1) is 15.5 Å². The molecule has 1 fully saturated rings. The highest BCUT2D eigenvalue weighted by Gasteiger charge is 2.35. The van der Waals surface area contributed by atoms with Crippen molar-refractivity contribution in [3.8, 4) is 0 Å². The van der Waals surface area contributed by atoms with Crippen LogP contribution < -0.4 is 9.62 Å². The molecular weight excluding hydrogens is 522 g/mol. The molecular formula is C28H25N3O5S2. The molecule has 8 nitrogen and oxygen atoms in total. The van der Waals surface area contributed by atoms with Crippen LogP contribution in [0.5, 0.6) is 0 Å². The van der Waals surface area contributed by atoms with E-state index in [2.05, 4.69) is 5.32 Å². The van der Waals surface area contributed by atoms with Crippen LogP contribution in [0.4, 0.5) is 10.5 Å². The number of imide groups is 1. The SMILES string of the molecule is O=C(NCCN1C(=O)S/C(=C/c2ccccc2)C1=O)c1cccc(S(=O)(=O)N2CCCc3ccccc32)c1. The van der Waals surface area contributed by atoms with Crippen molar-refractivity contribution < 1.29 is 22.8 Å². The molecule has 1 N–H and O–H groups in total. The van der Waals surface area contributed by atoms with Crippen LogP contribution in [0.25, 0.3) is 6.08 Å². The van der Waals surface area contributed by atoms with Gasteiger partial charge in [-0.1, -0.05) is 54.6 Å². The zero-order valence-corrected chi connectivity index (χ0v) is 22.0. The predicted octanol–water partition coefficient (Wildman–Crippen LogP) is 4.29. The van der Waals surface area contributed by atoms with Crippen molar-refractivity contribution in [2.45, 2.75) is 17.7 Å². The lowest BCUT2D eigenvalue weighted by atomic mass is 10.0. The molecule has 0 aromatic heterocycles. The summed E-state index contributed by atoms with van der Waals surface area (Å²) >= 11 is 0.860. The number of fused-ring (bicyclic) bond motifs is 1.